The first kappa shape index (κ1) is 12.1. The van der Waals surface area contributed by atoms with Crippen molar-refractivity contribution >= 4 is 11.6 Å². The number of nitrogen functional groups attached to an aromatic ring is 1. The molecule has 0 spiro atoms. The minimum Gasteiger partial charge on any atom is -0.384 e. The van der Waals surface area contributed by atoms with Crippen LogP contribution >= 0.6 is 0 Å². The van der Waals surface area contributed by atoms with Crippen molar-refractivity contribution in [2.75, 3.05) is 37.2 Å². The van der Waals surface area contributed by atoms with Gasteiger partial charge in [-0.15, -0.1) is 0 Å². The molecule has 5 heteroatoms. The molecule has 1 aromatic rings. The number of aromatic nitrogens is 2. The fourth-order valence-electron chi connectivity index (χ4n) is 2.30. The van der Waals surface area contributed by atoms with Crippen LogP contribution < -0.4 is 11.1 Å². The molecule has 1 aliphatic rings. The van der Waals surface area contributed by atoms with Crippen LogP contribution in [0.1, 0.15) is 19.2 Å². The molecule has 1 aromatic heterocycles. The zero-order chi connectivity index (χ0) is 12.3. The van der Waals surface area contributed by atoms with Crippen LogP contribution in [0, 0.1) is 12.8 Å². The summed E-state index contributed by atoms with van der Waals surface area (Å²) in [5, 5.41) is 3.36. The van der Waals surface area contributed by atoms with Crippen molar-refractivity contribution in [1.82, 2.24) is 14.9 Å². The Labute approximate surface area is 102 Å². The number of hydrogen-bond acceptors (Lipinski definition) is 5. The van der Waals surface area contributed by atoms with Gasteiger partial charge in [-0.05, 0) is 32.4 Å². The molecule has 3 N–H and O–H groups in total. The first-order chi connectivity index (χ1) is 8.17. The van der Waals surface area contributed by atoms with Crippen LogP contribution in [0.25, 0.3) is 0 Å². The molecular weight excluding hydrogens is 214 g/mol. The quantitative estimate of drug-likeness (QED) is 0.818. The minimum atomic E-state index is 0.529. The van der Waals surface area contributed by atoms with Gasteiger partial charge >= 0.3 is 0 Å². The van der Waals surface area contributed by atoms with Crippen LogP contribution in [-0.4, -0.2) is 41.0 Å². The second-order valence-corrected chi connectivity index (χ2v) is 4.65. The zero-order valence-electron chi connectivity index (χ0n) is 10.6. The van der Waals surface area contributed by atoms with E-state index in [4.69, 9.17) is 5.73 Å². The van der Waals surface area contributed by atoms with Gasteiger partial charge in [0.25, 0.3) is 0 Å². The summed E-state index contributed by atoms with van der Waals surface area (Å²) in [4.78, 5) is 10.9. The number of rotatable bonds is 4. The Morgan fingerprint density at radius 2 is 2.35 bits per heavy atom. The Morgan fingerprint density at radius 3 is 3.00 bits per heavy atom. The number of nitrogens with zero attached hydrogens (tertiary/aromatic N) is 3. The smallest absolute Gasteiger partial charge is 0.131 e. The monoisotopic (exact) mass is 235 g/mol. The third-order valence-electron chi connectivity index (χ3n) is 3.25. The number of aryl methyl sites for hydroxylation is 1. The van der Waals surface area contributed by atoms with Gasteiger partial charge in [0.15, 0.2) is 0 Å². The molecule has 1 aliphatic heterocycles. The van der Waals surface area contributed by atoms with Crippen LogP contribution in [0.3, 0.4) is 0 Å². The normalized spacial score (nSPS) is 20.7. The molecule has 17 heavy (non-hydrogen) atoms. The maximum atomic E-state index is 5.69. The maximum Gasteiger partial charge on any atom is 0.131 e. The molecule has 0 aliphatic carbocycles. The van der Waals surface area contributed by atoms with Crippen molar-refractivity contribution in [2.45, 2.75) is 20.3 Å². The topological polar surface area (TPSA) is 67.1 Å². The number of likely N-dealkylation sites (tertiary alicyclic amines) is 1. The van der Waals surface area contributed by atoms with Gasteiger partial charge in [0.1, 0.15) is 17.5 Å². The summed E-state index contributed by atoms with van der Waals surface area (Å²) < 4.78 is 0. The Hall–Kier alpha value is -1.36. The van der Waals surface area contributed by atoms with E-state index in [-0.39, 0.29) is 0 Å². The summed E-state index contributed by atoms with van der Waals surface area (Å²) in [6.45, 7) is 8.58. The van der Waals surface area contributed by atoms with Gasteiger partial charge in [-0.2, -0.15) is 0 Å². The van der Waals surface area contributed by atoms with Gasteiger partial charge < -0.3 is 16.0 Å². The fourth-order valence-corrected chi connectivity index (χ4v) is 2.30. The summed E-state index contributed by atoms with van der Waals surface area (Å²) in [6, 6.07) is 1.79. The standard InChI is InChI=1S/C12H21N5/c1-3-17-5-4-10(8-17)7-14-12-6-11(13)15-9(2)16-12/h6,10H,3-5,7-8H2,1-2H3,(H3,13,14,15,16). The van der Waals surface area contributed by atoms with Crippen LogP contribution in [0.5, 0.6) is 0 Å². The van der Waals surface area contributed by atoms with Gasteiger partial charge in [-0.25, -0.2) is 9.97 Å². The molecule has 0 aromatic carbocycles. The highest BCUT2D eigenvalue weighted by Crippen LogP contribution is 2.16. The van der Waals surface area contributed by atoms with E-state index >= 15 is 0 Å². The lowest BCUT2D eigenvalue weighted by Crippen LogP contribution is -2.22. The molecule has 94 valence electrons. The van der Waals surface area contributed by atoms with Crippen molar-refractivity contribution in [3.63, 3.8) is 0 Å². The number of nitrogens with two attached hydrogens (primary N) is 1. The van der Waals surface area contributed by atoms with E-state index in [1.807, 2.05) is 6.92 Å². The van der Waals surface area contributed by atoms with Gasteiger partial charge in [-0.3, -0.25) is 0 Å². The Kier molecular flexibility index (Phi) is 3.78. The third-order valence-corrected chi connectivity index (χ3v) is 3.25. The lowest BCUT2D eigenvalue weighted by Gasteiger charge is -2.14. The number of hydrogen-bond donors (Lipinski definition) is 2. The van der Waals surface area contributed by atoms with Crippen molar-refractivity contribution in [3.8, 4) is 0 Å². The average Bonchev–Trinajstić information content (AvgIpc) is 2.73. The molecule has 0 amide bonds. The van der Waals surface area contributed by atoms with Crippen molar-refractivity contribution in [2.24, 2.45) is 5.92 Å². The van der Waals surface area contributed by atoms with Crippen LogP contribution in [0.15, 0.2) is 6.07 Å². The second kappa shape index (κ2) is 5.31. The lowest BCUT2D eigenvalue weighted by atomic mass is 10.1. The summed E-state index contributed by atoms with van der Waals surface area (Å²) in [7, 11) is 0. The molecule has 0 radical (unpaired) electrons. The number of nitrogens with one attached hydrogen (secondary N) is 1. The highest BCUT2D eigenvalue weighted by atomic mass is 15.1. The first-order valence-electron chi connectivity index (χ1n) is 6.24. The summed E-state index contributed by atoms with van der Waals surface area (Å²) in [5.74, 6) is 2.80. The van der Waals surface area contributed by atoms with Crippen LogP contribution in [0.2, 0.25) is 0 Å². The zero-order valence-corrected chi connectivity index (χ0v) is 10.6. The molecule has 1 saturated heterocycles. The Morgan fingerprint density at radius 1 is 1.53 bits per heavy atom. The molecule has 1 fully saturated rings. The molecule has 2 heterocycles. The highest BCUT2D eigenvalue weighted by molar-refractivity contribution is 5.44. The van der Waals surface area contributed by atoms with Crippen LogP contribution in [0.4, 0.5) is 11.6 Å². The molecule has 0 saturated carbocycles. The van der Waals surface area contributed by atoms with E-state index in [9.17, 15) is 0 Å². The molecule has 5 nitrogen and oxygen atoms in total. The third kappa shape index (κ3) is 3.30. The van der Waals surface area contributed by atoms with E-state index in [2.05, 4.69) is 27.1 Å². The van der Waals surface area contributed by atoms with E-state index < -0.39 is 0 Å². The number of anilines is 2. The SMILES string of the molecule is CCN1CCC(CNc2cc(N)nc(C)n2)C1. The molecule has 0 bridgehead atoms. The maximum absolute atomic E-state index is 5.69. The average molecular weight is 235 g/mol. The molecule has 2 rings (SSSR count). The predicted octanol–water partition coefficient (Wildman–Crippen LogP) is 1.12. The van der Waals surface area contributed by atoms with Crippen molar-refractivity contribution in [1.29, 1.82) is 0 Å². The van der Waals surface area contributed by atoms with Gasteiger partial charge in [0, 0.05) is 19.2 Å². The van der Waals surface area contributed by atoms with E-state index in [1.54, 1.807) is 6.07 Å². The van der Waals surface area contributed by atoms with E-state index in [1.165, 1.54) is 19.5 Å². The van der Waals surface area contributed by atoms with E-state index in [0.717, 1.165) is 18.9 Å². The first-order valence-corrected chi connectivity index (χ1v) is 6.24. The van der Waals surface area contributed by atoms with Gasteiger partial charge in [0.05, 0.1) is 0 Å². The van der Waals surface area contributed by atoms with E-state index in [0.29, 0.717) is 17.6 Å². The molecular formula is C12H21N5. The molecule has 1 atom stereocenters. The highest BCUT2D eigenvalue weighted by Gasteiger charge is 2.20. The van der Waals surface area contributed by atoms with Crippen LogP contribution in [-0.2, 0) is 0 Å². The van der Waals surface area contributed by atoms with Gasteiger partial charge in [0.2, 0.25) is 0 Å². The van der Waals surface area contributed by atoms with Crippen molar-refractivity contribution in [3.05, 3.63) is 11.9 Å². The fraction of sp³-hybridized carbons (Fsp3) is 0.667. The van der Waals surface area contributed by atoms with Crippen molar-refractivity contribution < 1.29 is 0 Å². The minimum absolute atomic E-state index is 0.529. The second-order valence-electron chi connectivity index (χ2n) is 4.65. The summed E-state index contributed by atoms with van der Waals surface area (Å²) in [5.41, 5.74) is 5.69. The largest absolute Gasteiger partial charge is 0.384 e. The van der Waals surface area contributed by atoms with Gasteiger partial charge in [-0.1, -0.05) is 6.92 Å². The summed E-state index contributed by atoms with van der Waals surface area (Å²) >= 11 is 0. The Bertz CT molecular complexity index is 359. The summed E-state index contributed by atoms with van der Waals surface area (Å²) in [6.07, 6.45) is 1.26. The lowest BCUT2D eigenvalue weighted by molar-refractivity contribution is 0.345. The predicted molar refractivity (Wildman–Crippen MR) is 69.9 cm³/mol. The molecule has 1 unspecified atom stereocenters. The Balaban J connectivity index is 1.85.